The Morgan fingerprint density at radius 1 is 0.645 bits per heavy atom. The molecule has 1 aromatic carbocycles. The van der Waals surface area contributed by atoms with Gasteiger partial charge in [0, 0.05) is 32.7 Å². The standard InChI is InChI=1S/C24H27F3N4O5.C16H21F3N4O3/c1-23(2,3)36-21(33)30-12-13-31(22(34)35-15-16-8-5-4-6-9-16)17(14-30)20(32)29-19-11-7-10-18(28-19)24(25,26)27;1-15(2,3)26-14(25)23-8-7-20-10(9-23)13(24)22-12-6-4-5-11(21-12)16(17,18)19/h4-11,17H,12-15H2,1-3H3,(H,28,29,32);4-6,10,20H,7-9H2,1-3H3,(H,21,22,24)/t17-;10-/m00/s1. The topological polar surface area (TPSA) is 185 Å². The molecule has 16 nitrogen and oxygen atoms in total. The van der Waals surface area contributed by atoms with Crippen LogP contribution in [0.5, 0.6) is 0 Å². The van der Waals surface area contributed by atoms with Crippen molar-refractivity contribution in [1.82, 2.24) is 30.0 Å². The zero-order valence-electron chi connectivity index (χ0n) is 34.7. The number of halogens is 6. The first kappa shape index (κ1) is 48.5. The lowest BCUT2D eigenvalue weighted by molar-refractivity contribution is -0.141. The van der Waals surface area contributed by atoms with Gasteiger partial charge in [0.25, 0.3) is 0 Å². The molecule has 0 aliphatic carbocycles. The summed E-state index contributed by atoms with van der Waals surface area (Å²) >= 11 is 0. The molecular weight excluding hydrogens is 834 g/mol. The normalized spacial score (nSPS) is 17.2. The van der Waals surface area contributed by atoms with Crippen molar-refractivity contribution in [3.8, 4) is 0 Å². The summed E-state index contributed by atoms with van der Waals surface area (Å²) in [5, 5.41) is 7.57. The SMILES string of the molecule is CC(C)(C)OC(=O)N1CCN(C(=O)OCc2ccccc2)[C@H](C(=O)Nc2cccc(C(F)(F)F)n2)C1.CC(C)(C)OC(=O)N1CCN[C@H](C(=O)Nc2cccc(C(F)(F)F)n2)C1. The molecule has 0 saturated carbocycles. The number of carbonyl (C=O) groups excluding carboxylic acids is 5. The van der Waals surface area contributed by atoms with Crippen molar-refractivity contribution in [2.24, 2.45) is 0 Å². The van der Waals surface area contributed by atoms with Crippen molar-refractivity contribution < 1.29 is 64.5 Å². The molecule has 2 atom stereocenters. The Hall–Kier alpha value is -6.19. The molecule has 4 heterocycles. The summed E-state index contributed by atoms with van der Waals surface area (Å²) in [6.07, 6.45) is -11.3. The fourth-order valence-electron chi connectivity index (χ4n) is 5.69. The number of pyridine rings is 2. The summed E-state index contributed by atoms with van der Waals surface area (Å²) in [4.78, 5) is 73.6. The number of hydrogen-bond acceptors (Lipinski definition) is 11. The van der Waals surface area contributed by atoms with Crippen molar-refractivity contribution in [2.75, 3.05) is 49.9 Å². The van der Waals surface area contributed by atoms with Crippen LogP contribution in [0.4, 0.5) is 52.4 Å². The zero-order valence-corrected chi connectivity index (χ0v) is 34.7. The van der Waals surface area contributed by atoms with Crippen LogP contribution in [0.2, 0.25) is 0 Å². The van der Waals surface area contributed by atoms with Gasteiger partial charge in [-0.05, 0) is 71.4 Å². The molecule has 62 heavy (non-hydrogen) atoms. The number of carbonyl (C=O) groups is 5. The van der Waals surface area contributed by atoms with Gasteiger partial charge in [-0.1, -0.05) is 42.5 Å². The fraction of sp³-hybridized carbons (Fsp3) is 0.475. The summed E-state index contributed by atoms with van der Waals surface area (Å²) in [6.45, 7) is 10.7. The van der Waals surface area contributed by atoms with E-state index in [-0.39, 0.29) is 44.4 Å². The van der Waals surface area contributed by atoms with E-state index in [9.17, 15) is 50.3 Å². The average Bonchev–Trinajstić information content (AvgIpc) is 3.18. The summed E-state index contributed by atoms with van der Waals surface area (Å²) in [6, 6.07) is 13.2. The maximum atomic E-state index is 13.1. The van der Waals surface area contributed by atoms with Gasteiger partial charge in [-0.25, -0.2) is 24.4 Å². The van der Waals surface area contributed by atoms with Crippen LogP contribution in [0.15, 0.2) is 66.7 Å². The highest BCUT2D eigenvalue weighted by Gasteiger charge is 2.40. The van der Waals surface area contributed by atoms with Gasteiger partial charge in [-0.3, -0.25) is 14.5 Å². The molecule has 2 aliphatic heterocycles. The predicted molar refractivity (Wildman–Crippen MR) is 210 cm³/mol. The van der Waals surface area contributed by atoms with Crippen LogP contribution in [0, 0.1) is 0 Å². The molecule has 0 spiro atoms. The number of alkyl halides is 6. The Morgan fingerprint density at radius 2 is 1.15 bits per heavy atom. The molecule has 5 amide bonds. The Labute approximate surface area is 353 Å². The van der Waals surface area contributed by atoms with Crippen molar-refractivity contribution >= 4 is 41.7 Å². The fourth-order valence-corrected chi connectivity index (χ4v) is 5.69. The van der Waals surface area contributed by atoms with E-state index < -0.39 is 77.1 Å². The number of nitrogens with one attached hydrogen (secondary N) is 3. The van der Waals surface area contributed by atoms with E-state index in [1.165, 1.54) is 21.9 Å². The third kappa shape index (κ3) is 15.1. The minimum atomic E-state index is -4.70. The zero-order chi connectivity index (χ0) is 46.0. The van der Waals surface area contributed by atoms with E-state index in [1.54, 1.807) is 65.8 Å². The number of nitrogens with zero attached hydrogens (tertiary/aromatic N) is 5. The highest BCUT2D eigenvalue weighted by molar-refractivity contribution is 5.97. The molecule has 2 saturated heterocycles. The van der Waals surface area contributed by atoms with Gasteiger partial charge in [0.05, 0.1) is 6.54 Å². The predicted octanol–water partition coefficient (Wildman–Crippen LogP) is 6.54. The Bertz CT molecular complexity index is 2040. The largest absolute Gasteiger partial charge is 0.445 e. The molecule has 2 aromatic heterocycles. The van der Waals surface area contributed by atoms with E-state index >= 15 is 0 Å². The lowest BCUT2D eigenvalue weighted by Crippen LogP contribution is -2.61. The van der Waals surface area contributed by atoms with Crippen LogP contribution >= 0.6 is 0 Å². The van der Waals surface area contributed by atoms with Crippen LogP contribution in [-0.2, 0) is 42.8 Å². The molecule has 0 bridgehead atoms. The number of benzene rings is 1. The first-order valence-electron chi connectivity index (χ1n) is 19.2. The molecule has 3 aromatic rings. The number of rotatable bonds is 6. The van der Waals surface area contributed by atoms with E-state index in [4.69, 9.17) is 14.2 Å². The number of piperazine rings is 2. The number of ether oxygens (including phenoxy) is 3. The van der Waals surface area contributed by atoms with E-state index in [2.05, 4.69) is 25.9 Å². The number of hydrogen-bond donors (Lipinski definition) is 3. The molecule has 22 heteroatoms. The van der Waals surface area contributed by atoms with E-state index in [1.807, 2.05) is 6.07 Å². The van der Waals surface area contributed by atoms with Gasteiger partial charge < -0.3 is 40.0 Å². The highest BCUT2D eigenvalue weighted by atomic mass is 19.4. The molecular formula is C40H48F6N8O8. The summed E-state index contributed by atoms with van der Waals surface area (Å²) in [5.74, 6) is -1.96. The summed E-state index contributed by atoms with van der Waals surface area (Å²) in [5.41, 5.74) is -3.00. The van der Waals surface area contributed by atoms with Crippen molar-refractivity contribution in [1.29, 1.82) is 0 Å². The number of aromatic nitrogens is 2. The lowest BCUT2D eigenvalue weighted by Gasteiger charge is -2.40. The lowest BCUT2D eigenvalue weighted by atomic mass is 10.1. The maximum Gasteiger partial charge on any atom is 0.433 e. The van der Waals surface area contributed by atoms with Gasteiger partial charge in [-0.2, -0.15) is 26.3 Å². The van der Waals surface area contributed by atoms with Crippen molar-refractivity contribution in [3.05, 3.63) is 83.7 Å². The van der Waals surface area contributed by atoms with Crippen LogP contribution in [-0.4, -0.2) is 117 Å². The Morgan fingerprint density at radius 3 is 1.65 bits per heavy atom. The van der Waals surface area contributed by atoms with Gasteiger partial charge in [0.1, 0.15) is 52.9 Å². The average molecular weight is 883 g/mol. The molecule has 338 valence electrons. The van der Waals surface area contributed by atoms with Crippen LogP contribution in [0.25, 0.3) is 0 Å². The van der Waals surface area contributed by atoms with Gasteiger partial charge in [0.15, 0.2) is 0 Å². The summed E-state index contributed by atoms with van der Waals surface area (Å²) < 4.78 is 93.1. The van der Waals surface area contributed by atoms with Crippen LogP contribution < -0.4 is 16.0 Å². The number of amides is 5. The maximum absolute atomic E-state index is 13.1. The van der Waals surface area contributed by atoms with Gasteiger partial charge in [0.2, 0.25) is 11.8 Å². The second kappa shape index (κ2) is 20.1. The number of anilines is 2. The van der Waals surface area contributed by atoms with Crippen LogP contribution in [0.3, 0.4) is 0 Å². The van der Waals surface area contributed by atoms with Gasteiger partial charge in [-0.15, -0.1) is 0 Å². The highest BCUT2D eigenvalue weighted by Crippen LogP contribution is 2.29. The molecule has 3 N–H and O–H groups in total. The third-order valence-corrected chi connectivity index (χ3v) is 8.50. The monoisotopic (exact) mass is 882 g/mol. The van der Waals surface area contributed by atoms with Crippen molar-refractivity contribution in [3.63, 3.8) is 0 Å². The first-order valence-corrected chi connectivity index (χ1v) is 19.2. The second-order valence-electron chi connectivity index (χ2n) is 15.9. The first-order chi connectivity index (χ1) is 28.8. The van der Waals surface area contributed by atoms with Crippen LogP contribution in [0.1, 0.15) is 58.5 Å². The molecule has 0 unspecified atom stereocenters. The molecule has 0 radical (unpaired) electrons. The van der Waals surface area contributed by atoms with E-state index in [0.29, 0.717) is 13.1 Å². The Kier molecular flexibility index (Phi) is 15.7. The minimum absolute atomic E-state index is 0.0414. The van der Waals surface area contributed by atoms with Gasteiger partial charge >= 0.3 is 30.6 Å². The quantitative estimate of drug-likeness (QED) is 0.180. The van der Waals surface area contributed by atoms with Crippen molar-refractivity contribution in [2.45, 2.75) is 83.8 Å². The minimum Gasteiger partial charge on any atom is -0.445 e. The smallest absolute Gasteiger partial charge is 0.433 e. The van der Waals surface area contributed by atoms with E-state index in [0.717, 1.165) is 34.7 Å². The summed E-state index contributed by atoms with van der Waals surface area (Å²) in [7, 11) is 0. The third-order valence-electron chi connectivity index (χ3n) is 8.50. The second-order valence-corrected chi connectivity index (χ2v) is 15.9. The molecule has 2 fully saturated rings. The molecule has 2 aliphatic rings. The molecule has 5 rings (SSSR count). The Balaban J connectivity index is 0.000000287.